The van der Waals surface area contributed by atoms with Crippen molar-refractivity contribution in [3.05, 3.63) is 77.9 Å². The van der Waals surface area contributed by atoms with Gasteiger partial charge in [0, 0.05) is 43.1 Å². The van der Waals surface area contributed by atoms with Crippen LogP contribution in [0.25, 0.3) is 10.8 Å². The summed E-state index contributed by atoms with van der Waals surface area (Å²) in [5, 5.41) is 2.41. The summed E-state index contributed by atoms with van der Waals surface area (Å²) in [4.78, 5) is 20.7. The zero-order valence-electron chi connectivity index (χ0n) is 19.5. The summed E-state index contributed by atoms with van der Waals surface area (Å²) in [7, 11) is 0. The molecule has 2 atom stereocenters. The summed E-state index contributed by atoms with van der Waals surface area (Å²) in [6, 6.07) is 16.0. The molecular formula is C29H31FN2O2. The molecule has 6 rings (SSSR count). The predicted molar refractivity (Wildman–Crippen MR) is 130 cm³/mol. The Hall–Kier alpha value is -2.79. The molecule has 3 fully saturated rings. The van der Waals surface area contributed by atoms with E-state index in [1.807, 2.05) is 24.5 Å². The van der Waals surface area contributed by atoms with E-state index in [4.69, 9.17) is 4.74 Å². The highest BCUT2D eigenvalue weighted by atomic mass is 19.1. The summed E-state index contributed by atoms with van der Waals surface area (Å²) in [5.41, 5.74) is 1.50. The molecule has 176 valence electrons. The lowest BCUT2D eigenvalue weighted by molar-refractivity contribution is -0.146. The number of nitrogens with zero attached hydrogens (tertiary/aromatic N) is 2. The average Bonchev–Trinajstić information content (AvgIpc) is 3.13. The van der Waals surface area contributed by atoms with E-state index in [1.165, 1.54) is 22.4 Å². The highest BCUT2D eigenvalue weighted by Crippen LogP contribution is 2.45. The second kappa shape index (κ2) is 8.77. The highest BCUT2D eigenvalue weighted by Gasteiger charge is 2.51. The number of halogens is 1. The Morgan fingerprint density at radius 2 is 1.82 bits per heavy atom. The topological polar surface area (TPSA) is 42.4 Å². The van der Waals surface area contributed by atoms with Crippen LogP contribution >= 0.6 is 0 Å². The van der Waals surface area contributed by atoms with Gasteiger partial charge in [-0.05, 0) is 91.6 Å². The minimum absolute atomic E-state index is 0.198. The molecule has 0 N–H and O–H groups in total. The molecule has 0 spiro atoms. The largest absolute Gasteiger partial charge is 0.381 e. The lowest BCUT2D eigenvalue weighted by Gasteiger charge is -2.46. The fraction of sp³-hybridized carbons (Fsp3) is 0.448. The third kappa shape index (κ3) is 3.80. The molecule has 2 bridgehead atoms. The van der Waals surface area contributed by atoms with Crippen molar-refractivity contribution in [1.82, 2.24) is 9.88 Å². The number of fused-ring (bicyclic) bond motifs is 3. The highest BCUT2D eigenvalue weighted by molar-refractivity contribution is 5.89. The molecule has 4 nitrogen and oxygen atoms in total. The zero-order chi connectivity index (χ0) is 23.1. The van der Waals surface area contributed by atoms with E-state index in [-0.39, 0.29) is 23.8 Å². The van der Waals surface area contributed by atoms with E-state index in [9.17, 15) is 9.18 Å². The number of aromatic nitrogens is 1. The van der Waals surface area contributed by atoms with Gasteiger partial charge < -0.3 is 9.64 Å². The van der Waals surface area contributed by atoms with Gasteiger partial charge in [-0.3, -0.25) is 9.78 Å². The zero-order valence-corrected chi connectivity index (χ0v) is 19.5. The molecule has 3 aliphatic heterocycles. The standard InChI is InChI=1S/C29H31FN2O2/c30-25-3-1-2-24(18-25)29(9-12-34-13-10-29)28(33)32-26-6-7-27(32)17-21(16-26)14-20-4-5-22-8-11-31-19-23(22)15-20/h1-5,8,11,15,18-19,21,26-27H,6-7,9-10,12-14,16-17H2. The summed E-state index contributed by atoms with van der Waals surface area (Å²) >= 11 is 0. The van der Waals surface area contributed by atoms with Crippen molar-refractivity contribution in [2.45, 2.75) is 62.4 Å². The van der Waals surface area contributed by atoms with Gasteiger partial charge in [0.2, 0.25) is 5.91 Å². The van der Waals surface area contributed by atoms with Crippen LogP contribution in [0.2, 0.25) is 0 Å². The Labute approximate surface area is 200 Å². The fourth-order valence-electron chi connectivity index (χ4n) is 6.76. The minimum Gasteiger partial charge on any atom is -0.381 e. The first-order chi connectivity index (χ1) is 16.6. The van der Waals surface area contributed by atoms with Crippen LogP contribution in [0.5, 0.6) is 0 Å². The van der Waals surface area contributed by atoms with E-state index in [2.05, 4.69) is 28.1 Å². The van der Waals surface area contributed by atoms with Gasteiger partial charge in [0.05, 0.1) is 5.41 Å². The van der Waals surface area contributed by atoms with Crippen LogP contribution in [-0.4, -0.2) is 41.1 Å². The SMILES string of the molecule is O=C(N1C2CCC1CC(Cc1ccc3ccncc3c1)C2)C1(c2cccc(F)c2)CCOCC1. The third-order valence-corrected chi connectivity index (χ3v) is 8.43. The molecule has 3 saturated heterocycles. The Balaban J connectivity index is 1.23. The van der Waals surface area contributed by atoms with E-state index in [1.54, 1.807) is 12.1 Å². The number of hydrogen-bond donors (Lipinski definition) is 0. The minimum atomic E-state index is -0.667. The van der Waals surface area contributed by atoms with Gasteiger partial charge in [-0.2, -0.15) is 0 Å². The molecule has 4 heterocycles. The molecule has 3 aromatic rings. The molecule has 5 heteroatoms. The van der Waals surface area contributed by atoms with Crippen LogP contribution in [0.15, 0.2) is 60.9 Å². The second-order valence-electron chi connectivity index (χ2n) is 10.4. The van der Waals surface area contributed by atoms with Gasteiger partial charge in [-0.15, -0.1) is 0 Å². The first-order valence-electron chi connectivity index (χ1n) is 12.6. The van der Waals surface area contributed by atoms with Crippen molar-refractivity contribution in [1.29, 1.82) is 0 Å². The van der Waals surface area contributed by atoms with E-state index < -0.39 is 5.41 Å². The molecule has 1 aromatic heterocycles. The normalized spacial score (nSPS) is 26.0. The Bertz CT molecular complexity index is 1190. The first kappa shape index (κ1) is 21.7. The maximum Gasteiger partial charge on any atom is 0.233 e. The summed E-state index contributed by atoms with van der Waals surface area (Å²) in [6.45, 7) is 1.09. The molecule has 2 aromatic carbocycles. The van der Waals surface area contributed by atoms with Gasteiger partial charge in [0.1, 0.15) is 5.82 Å². The van der Waals surface area contributed by atoms with Crippen LogP contribution in [0.4, 0.5) is 4.39 Å². The van der Waals surface area contributed by atoms with Crippen molar-refractivity contribution in [3.8, 4) is 0 Å². The van der Waals surface area contributed by atoms with Crippen LogP contribution in [0.3, 0.4) is 0 Å². The van der Waals surface area contributed by atoms with E-state index >= 15 is 0 Å². The number of piperidine rings is 1. The number of benzene rings is 2. The average molecular weight is 459 g/mol. The number of amides is 1. The van der Waals surface area contributed by atoms with Crippen LogP contribution in [0.1, 0.15) is 49.7 Å². The second-order valence-corrected chi connectivity index (χ2v) is 10.4. The number of rotatable bonds is 4. The molecule has 0 aliphatic carbocycles. The number of carbonyl (C=O) groups is 1. The van der Waals surface area contributed by atoms with Crippen molar-refractivity contribution in [2.75, 3.05) is 13.2 Å². The number of pyridine rings is 1. The Morgan fingerprint density at radius 1 is 1.03 bits per heavy atom. The number of carbonyl (C=O) groups excluding carboxylic acids is 1. The number of ether oxygens (including phenoxy) is 1. The Morgan fingerprint density at radius 3 is 2.59 bits per heavy atom. The van der Waals surface area contributed by atoms with Crippen LogP contribution in [-0.2, 0) is 21.4 Å². The van der Waals surface area contributed by atoms with Crippen molar-refractivity contribution in [2.24, 2.45) is 5.92 Å². The smallest absolute Gasteiger partial charge is 0.233 e. The lowest BCUT2D eigenvalue weighted by Crippen LogP contribution is -2.56. The van der Waals surface area contributed by atoms with Crippen molar-refractivity contribution < 1.29 is 13.9 Å². The molecule has 2 unspecified atom stereocenters. The van der Waals surface area contributed by atoms with Gasteiger partial charge >= 0.3 is 0 Å². The van der Waals surface area contributed by atoms with Crippen molar-refractivity contribution >= 4 is 16.7 Å². The molecule has 0 radical (unpaired) electrons. The maximum atomic E-state index is 14.2. The van der Waals surface area contributed by atoms with Crippen LogP contribution in [0, 0.1) is 11.7 Å². The molecule has 0 saturated carbocycles. The third-order valence-electron chi connectivity index (χ3n) is 8.43. The molecular weight excluding hydrogens is 427 g/mol. The summed E-state index contributed by atoms with van der Waals surface area (Å²) in [6.07, 6.45) is 10.3. The van der Waals surface area contributed by atoms with E-state index in [0.29, 0.717) is 32.0 Å². The first-order valence-corrected chi connectivity index (χ1v) is 12.6. The molecule has 1 amide bonds. The van der Waals surface area contributed by atoms with Crippen molar-refractivity contribution in [3.63, 3.8) is 0 Å². The molecule has 34 heavy (non-hydrogen) atoms. The van der Waals surface area contributed by atoms with E-state index in [0.717, 1.165) is 37.7 Å². The Kier molecular flexibility index (Phi) is 5.60. The maximum absolute atomic E-state index is 14.2. The van der Waals surface area contributed by atoms with Gasteiger partial charge in [0.25, 0.3) is 0 Å². The van der Waals surface area contributed by atoms with Gasteiger partial charge in [0.15, 0.2) is 0 Å². The van der Waals surface area contributed by atoms with Gasteiger partial charge in [-0.1, -0.05) is 24.3 Å². The summed E-state index contributed by atoms with van der Waals surface area (Å²) < 4.78 is 19.8. The van der Waals surface area contributed by atoms with Crippen LogP contribution < -0.4 is 0 Å². The quantitative estimate of drug-likeness (QED) is 0.523. The predicted octanol–water partition coefficient (Wildman–Crippen LogP) is 5.43. The molecule has 3 aliphatic rings. The summed E-state index contributed by atoms with van der Waals surface area (Å²) in [5.74, 6) is 0.503. The monoisotopic (exact) mass is 458 g/mol. The fourth-order valence-corrected chi connectivity index (χ4v) is 6.76. The van der Waals surface area contributed by atoms with Gasteiger partial charge in [-0.25, -0.2) is 4.39 Å². The number of hydrogen-bond acceptors (Lipinski definition) is 3. The lowest BCUT2D eigenvalue weighted by atomic mass is 9.72.